The van der Waals surface area contributed by atoms with Crippen LogP contribution >= 0.6 is 0 Å². The first-order valence-corrected chi connectivity index (χ1v) is 4.76. The molecule has 0 aliphatic heterocycles. The van der Waals surface area contributed by atoms with Gasteiger partial charge in [-0.2, -0.15) is 8.78 Å². The van der Waals surface area contributed by atoms with Crippen LogP contribution in [-0.4, -0.2) is 17.7 Å². The van der Waals surface area contributed by atoms with Crippen molar-refractivity contribution in [3.63, 3.8) is 0 Å². The number of hydrogen-bond donors (Lipinski definition) is 1. The quantitative estimate of drug-likeness (QED) is 0.874. The molecule has 0 radical (unpaired) electrons. The topological polar surface area (TPSA) is 51.2 Å². The Bertz CT molecular complexity index is 546. The summed E-state index contributed by atoms with van der Waals surface area (Å²) in [5, 5.41) is 2.99. The molecule has 17 heavy (non-hydrogen) atoms. The summed E-state index contributed by atoms with van der Waals surface area (Å²) >= 11 is 0. The molecule has 1 aromatic heterocycles. The fourth-order valence-corrected chi connectivity index (χ4v) is 1.38. The van der Waals surface area contributed by atoms with E-state index in [0.29, 0.717) is 5.69 Å². The molecule has 1 heterocycles. The number of nitrogens with one attached hydrogen (secondary N) is 1. The van der Waals surface area contributed by atoms with Gasteiger partial charge in [-0.25, -0.2) is 4.79 Å². The molecule has 6 heteroatoms. The van der Waals surface area contributed by atoms with E-state index < -0.39 is 12.7 Å². The van der Waals surface area contributed by atoms with Crippen molar-refractivity contribution in [3.05, 3.63) is 36.5 Å². The highest BCUT2D eigenvalue weighted by molar-refractivity contribution is 5.89. The number of ether oxygens (including phenoxy) is 1. The van der Waals surface area contributed by atoms with Gasteiger partial charge in [0.15, 0.2) is 0 Å². The molecule has 0 saturated heterocycles. The van der Waals surface area contributed by atoms with Gasteiger partial charge in [-0.05, 0) is 24.3 Å². The van der Waals surface area contributed by atoms with Crippen LogP contribution in [0.1, 0.15) is 0 Å². The largest absolute Gasteiger partial charge is 0.416 e. The number of halogens is 2. The van der Waals surface area contributed by atoms with E-state index in [4.69, 9.17) is 0 Å². The van der Waals surface area contributed by atoms with E-state index in [1.165, 1.54) is 0 Å². The van der Waals surface area contributed by atoms with Crippen LogP contribution in [0.5, 0.6) is 0 Å². The van der Waals surface area contributed by atoms with Gasteiger partial charge in [0.05, 0.1) is 5.52 Å². The first-order chi connectivity index (χ1) is 8.15. The van der Waals surface area contributed by atoms with Crippen molar-refractivity contribution in [1.29, 1.82) is 0 Å². The Morgan fingerprint density at radius 1 is 1.35 bits per heavy atom. The van der Waals surface area contributed by atoms with E-state index in [-0.39, 0.29) is 0 Å². The molecule has 1 N–H and O–H groups in total. The Kier molecular flexibility index (Phi) is 3.13. The van der Waals surface area contributed by atoms with Crippen LogP contribution in [0.3, 0.4) is 0 Å². The van der Waals surface area contributed by atoms with E-state index in [1.807, 2.05) is 0 Å². The second kappa shape index (κ2) is 4.73. The maximum Gasteiger partial charge on any atom is 0.416 e. The third kappa shape index (κ3) is 2.87. The monoisotopic (exact) mass is 238 g/mol. The van der Waals surface area contributed by atoms with Crippen LogP contribution in [0.25, 0.3) is 10.9 Å². The molecule has 0 bridgehead atoms. The summed E-state index contributed by atoms with van der Waals surface area (Å²) in [5.41, 5.74) is 1.12. The number of hydrogen-bond acceptors (Lipinski definition) is 3. The summed E-state index contributed by atoms with van der Waals surface area (Å²) in [7, 11) is 0. The molecule has 2 rings (SSSR count). The van der Waals surface area contributed by atoms with Gasteiger partial charge >= 0.3 is 12.7 Å². The second-order valence-corrected chi connectivity index (χ2v) is 3.20. The van der Waals surface area contributed by atoms with Crippen molar-refractivity contribution in [2.75, 3.05) is 5.32 Å². The fraction of sp³-hybridized carbons (Fsp3) is 0.0909. The van der Waals surface area contributed by atoms with Crippen LogP contribution in [-0.2, 0) is 4.74 Å². The molecule has 0 unspecified atom stereocenters. The van der Waals surface area contributed by atoms with Crippen molar-refractivity contribution in [1.82, 2.24) is 4.98 Å². The molecule has 0 saturated carbocycles. The number of pyridine rings is 1. The number of nitrogens with zero attached hydrogens (tertiary/aromatic N) is 1. The minimum absolute atomic E-state index is 0.371. The number of anilines is 1. The predicted octanol–water partition coefficient (Wildman–Crippen LogP) is 3.01. The Labute approximate surface area is 95.2 Å². The molecule has 0 spiro atoms. The zero-order chi connectivity index (χ0) is 12.3. The standard InChI is InChI=1S/C11H8F2N2O2/c12-10(13)17-11(16)15-8-3-4-9-7(6-8)2-1-5-14-9/h1-6,10H,(H,15,16). The zero-order valence-electron chi connectivity index (χ0n) is 8.56. The average molecular weight is 238 g/mol. The maximum atomic E-state index is 11.7. The number of amides is 1. The number of aromatic nitrogens is 1. The maximum absolute atomic E-state index is 11.7. The lowest BCUT2D eigenvalue weighted by Gasteiger charge is -2.06. The molecule has 0 atom stereocenters. The van der Waals surface area contributed by atoms with Gasteiger partial charge in [-0.1, -0.05) is 6.07 Å². The number of fused-ring (bicyclic) bond motifs is 1. The third-order valence-electron chi connectivity index (χ3n) is 2.05. The molecule has 0 aliphatic rings. The van der Waals surface area contributed by atoms with E-state index in [1.54, 1.807) is 36.5 Å². The SMILES string of the molecule is O=C(Nc1ccc2ncccc2c1)OC(F)F. The van der Waals surface area contributed by atoms with Gasteiger partial charge in [-0.15, -0.1) is 0 Å². The van der Waals surface area contributed by atoms with Gasteiger partial charge in [0.25, 0.3) is 0 Å². The number of carbonyl (C=O) groups excluding carboxylic acids is 1. The molecular formula is C11H8F2N2O2. The van der Waals surface area contributed by atoms with Crippen molar-refractivity contribution in [2.45, 2.75) is 6.61 Å². The molecule has 0 fully saturated rings. The highest BCUT2D eigenvalue weighted by Crippen LogP contribution is 2.17. The Morgan fingerprint density at radius 2 is 2.18 bits per heavy atom. The molecular weight excluding hydrogens is 230 g/mol. The smallest absolute Gasteiger partial charge is 0.386 e. The Hall–Kier alpha value is -2.24. The minimum Gasteiger partial charge on any atom is -0.386 e. The van der Waals surface area contributed by atoms with E-state index in [2.05, 4.69) is 15.0 Å². The van der Waals surface area contributed by atoms with E-state index in [0.717, 1.165) is 10.9 Å². The molecule has 1 aromatic carbocycles. The summed E-state index contributed by atoms with van der Waals surface area (Å²) < 4.78 is 27.2. The minimum atomic E-state index is -3.13. The van der Waals surface area contributed by atoms with Crippen molar-refractivity contribution >= 4 is 22.7 Å². The summed E-state index contributed by atoms with van der Waals surface area (Å²) in [6.07, 6.45) is 0.448. The van der Waals surface area contributed by atoms with Gasteiger partial charge < -0.3 is 4.74 Å². The van der Waals surface area contributed by atoms with Gasteiger partial charge in [-0.3, -0.25) is 10.3 Å². The van der Waals surface area contributed by atoms with Crippen LogP contribution in [0.2, 0.25) is 0 Å². The van der Waals surface area contributed by atoms with Gasteiger partial charge in [0, 0.05) is 17.3 Å². The normalized spacial score (nSPS) is 10.5. The highest BCUT2D eigenvalue weighted by atomic mass is 19.3. The summed E-state index contributed by atoms with van der Waals surface area (Å²) in [6, 6.07) is 8.39. The Morgan fingerprint density at radius 3 is 2.94 bits per heavy atom. The van der Waals surface area contributed by atoms with Gasteiger partial charge in [0.2, 0.25) is 0 Å². The van der Waals surface area contributed by atoms with Crippen molar-refractivity contribution < 1.29 is 18.3 Å². The van der Waals surface area contributed by atoms with Crippen LogP contribution in [0.4, 0.5) is 19.3 Å². The van der Waals surface area contributed by atoms with Crippen LogP contribution in [0, 0.1) is 0 Å². The summed E-state index contributed by atoms with van der Waals surface area (Å²) in [4.78, 5) is 15.0. The summed E-state index contributed by atoms with van der Waals surface area (Å²) in [6.45, 7) is -3.13. The zero-order valence-corrected chi connectivity index (χ0v) is 8.56. The lowest BCUT2D eigenvalue weighted by Crippen LogP contribution is -2.16. The number of rotatable bonds is 2. The van der Waals surface area contributed by atoms with E-state index in [9.17, 15) is 13.6 Å². The van der Waals surface area contributed by atoms with Gasteiger partial charge in [0.1, 0.15) is 0 Å². The average Bonchev–Trinajstić information content (AvgIpc) is 2.27. The van der Waals surface area contributed by atoms with Crippen LogP contribution in [0.15, 0.2) is 36.5 Å². The lowest BCUT2D eigenvalue weighted by molar-refractivity contribution is -0.0766. The number of benzene rings is 1. The number of carbonyl (C=O) groups is 1. The molecule has 88 valence electrons. The molecule has 2 aromatic rings. The molecule has 0 aliphatic carbocycles. The second-order valence-electron chi connectivity index (χ2n) is 3.20. The lowest BCUT2D eigenvalue weighted by atomic mass is 10.2. The predicted molar refractivity (Wildman–Crippen MR) is 57.9 cm³/mol. The molecule has 4 nitrogen and oxygen atoms in total. The summed E-state index contributed by atoms with van der Waals surface area (Å²) in [5.74, 6) is 0. The van der Waals surface area contributed by atoms with Crippen molar-refractivity contribution in [3.8, 4) is 0 Å². The first-order valence-electron chi connectivity index (χ1n) is 4.76. The highest BCUT2D eigenvalue weighted by Gasteiger charge is 2.10. The fourth-order valence-electron chi connectivity index (χ4n) is 1.38. The first kappa shape index (κ1) is 11.3. The third-order valence-corrected chi connectivity index (χ3v) is 2.05. The van der Waals surface area contributed by atoms with Crippen molar-refractivity contribution in [2.24, 2.45) is 0 Å². The molecule has 1 amide bonds. The van der Waals surface area contributed by atoms with E-state index >= 15 is 0 Å². The number of alkyl halides is 2. The Balaban J connectivity index is 2.17. The van der Waals surface area contributed by atoms with Crippen LogP contribution < -0.4 is 5.32 Å².